The summed E-state index contributed by atoms with van der Waals surface area (Å²) in [6, 6.07) is 2.90. The second kappa shape index (κ2) is 6.90. The maximum absolute atomic E-state index is 14.9. The van der Waals surface area contributed by atoms with Gasteiger partial charge in [0.2, 0.25) is 5.82 Å². The van der Waals surface area contributed by atoms with E-state index in [2.05, 4.69) is 15.4 Å². The van der Waals surface area contributed by atoms with Crippen molar-refractivity contribution in [2.75, 3.05) is 6.54 Å². The maximum atomic E-state index is 14.9. The van der Waals surface area contributed by atoms with Gasteiger partial charge in [-0.25, -0.2) is 22.6 Å². The molecule has 1 heterocycles. The number of hydrogen-bond donors (Lipinski definition) is 2. The molecule has 0 spiro atoms. The third-order valence-electron chi connectivity index (χ3n) is 3.71. The zero-order valence-electron chi connectivity index (χ0n) is 13.2. The standard InChI is InChI=1S/C15H17F3N4O2/c1-3-15(18,7-9-4-5-10(16)6-11(9)17)8-19-13(23)12-20-14(24)22(2)21-12/h4-6H,3,7-8H2,1-2H3,(H,19,23)(H,20,21,24). The fourth-order valence-corrected chi connectivity index (χ4v) is 2.15. The molecule has 0 aliphatic carbocycles. The highest BCUT2D eigenvalue weighted by atomic mass is 19.1. The van der Waals surface area contributed by atoms with Gasteiger partial charge in [-0.3, -0.25) is 9.78 Å². The first kappa shape index (κ1) is 17.8. The molecule has 0 saturated heterocycles. The second-order valence-electron chi connectivity index (χ2n) is 5.50. The van der Waals surface area contributed by atoms with E-state index in [1.54, 1.807) is 6.92 Å². The van der Waals surface area contributed by atoms with Gasteiger partial charge in [0.15, 0.2) is 0 Å². The van der Waals surface area contributed by atoms with E-state index in [9.17, 15) is 22.8 Å². The normalized spacial score (nSPS) is 13.5. The molecule has 1 unspecified atom stereocenters. The maximum Gasteiger partial charge on any atom is 0.343 e. The summed E-state index contributed by atoms with van der Waals surface area (Å²) in [7, 11) is 1.36. The average molecular weight is 342 g/mol. The number of benzene rings is 1. The number of halogens is 3. The average Bonchev–Trinajstić information content (AvgIpc) is 2.87. The fourth-order valence-electron chi connectivity index (χ4n) is 2.15. The molecule has 24 heavy (non-hydrogen) atoms. The van der Waals surface area contributed by atoms with Crippen LogP contribution in [0, 0.1) is 11.6 Å². The number of aromatic nitrogens is 3. The van der Waals surface area contributed by atoms with E-state index in [0.29, 0.717) is 6.07 Å². The molecule has 0 radical (unpaired) electrons. The van der Waals surface area contributed by atoms with Gasteiger partial charge in [-0.1, -0.05) is 13.0 Å². The summed E-state index contributed by atoms with van der Waals surface area (Å²) in [6.45, 7) is 1.15. The van der Waals surface area contributed by atoms with Crippen LogP contribution >= 0.6 is 0 Å². The lowest BCUT2D eigenvalue weighted by molar-refractivity contribution is 0.0880. The summed E-state index contributed by atoms with van der Waals surface area (Å²) in [5.74, 6) is -2.58. The van der Waals surface area contributed by atoms with Crippen molar-refractivity contribution < 1.29 is 18.0 Å². The van der Waals surface area contributed by atoms with Gasteiger partial charge in [0.25, 0.3) is 5.91 Å². The number of H-pyrrole nitrogens is 1. The van der Waals surface area contributed by atoms with Gasteiger partial charge in [0.05, 0.1) is 6.54 Å². The lowest BCUT2D eigenvalue weighted by Gasteiger charge is -2.24. The van der Waals surface area contributed by atoms with Gasteiger partial charge in [0.1, 0.15) is 17.3 Å². The van der Waals surface area contributed by atoms with Gasteiger partial charge in [0, 0.05) is 19.5 Å². The molecule has 1 aromatic carbocycles. The van der Waals surface area contributed by atoms with Gasteiger partial charge in [-0.05, 0) is 18.1 Å². The van der Waals surface area contributed by atoms with Crippen LogP contribution in [0.4, 0.5) is 13.2 Å². The zero-order valence-corrected chi connectivity index (χ0v) is 13.2. The zero-order chi connectivity index (χ0) is 17.9. The molecule has 1 amide bonds. The number of hydrogen-bond acceptors (Lipinski definition) is 3. The van der Waals surface area contributed by atoms with E-state index < -0.39 is 35.4 Å². The summed E-state index contributed by atoms with van der Waals surface area (Å²) in [6.07, 6.45) is -0.322. The minimum Gasteiger partial charge on any atom is -0.346 e. The van der Waals surface area contributed by atoms with Crippen LogP contribution in [0.3, 0.4) is 0 Å². The van der Waals surface area contributed by atoms with E-state index >= 15 is 0 Å². The highest BCUT2D eigenvalue weighted by molar-refractivity contribution is 5.90. The van der Waals surface area contributed by atoms with Gasteiger partial charge < -0.3 is 5.32 Å². The minimum absolute atomic E-state index is 0.00281. The molecule has 0 fully saturated rings. The Hall–Kier alpha value is -2.58. The second-order valence-corrected chi connectivity index (χ2v) is 5.50. The Morgan fingerprint density at radius 1 is 1.42 bits per heavy atom. The number of rotatable bonds is 6. The fraction of sp³-hybridized carbons (Fsp3) is 0.400. The lowest BCUT2D eigenvalue weighted by atomic mass is 9.93. The number of nitrogens with zero attached hydrogens (tertiary/aromatic N) is 2. The quantitative estimate of drug-likeness (QED) is 0.834. The van der Waals surface area contributed by atoms with Crippen molar-refractivity contribution in [1.82, 2.24) is 20.1 Å². The first-order valence-electron chi connectivity index (χ1n) is 7.28. The van der Waals surface area contributed by atoms with E-state index in [1.807, 2.05) is 0 Å². The molecule has 0 aliphatic rings. The Balaban J connectivity index is 2.06. The van der Waals surface area contributed by atoms with E-state index in [-0.39, 0.29) is 24.2 Å². The van der Waals surface area contributed by atoms with Crippen molar-refractivity contribution in [2.45, 2.75) is 25.4 Å². The number of carbonyl (C=O) groups excluding carboxylic acids is 1. The van der Waals surface area contributed by atoms with Crippen molar-refractivity contribution in [3.8, 4) is 0 Å². The van der Waals surface area contributed by atoms with Crippen molar-refractivity contribution in [3.63, 3.8) is 0 Å². The van der Waals surface area contributed by atoms with Crippen molar-refractivity contribution in [3.05, 3.63) is 51.7 Å². The van der Waals surface area contributed by atoms with Gasteiger partial charge >= 0.3 is 5.69 Å². The van der Waals surface area contributed by atoms with Crippen LogP contribution in [0.15, 0.2) is 23.0 Å². The van der Waals surface area contributed by atoms with Crippen molar-refractivity contribution >= 4 is 5.91 Å². The Morgan fingerprint density at radius 2 is 2.12 bits per heavy atom. The molecule has 130 valence electrons. The summed E-state index contributed by atoms with van der Waals surface area (Å²) >= 11 is 0. The Bertz CT molecular complexity index is 802. The molecule has 1 atom stereocenters. The van der Waals surface area contributed by atoms with Gasteiger partial charge in [-0.15, -0.1) is 5.10 Å². The molecular formula is C15H17F3N4O2. The lowest BCUT2D eigenvalue weighted by Crippen LogP contribution is -2.41. The molecule has 2 aromatic rings. The summed E-state index contributed by atoms with van der Waals surface area (Å²) < 4.78 is 42.4. The SMILES string of the molecule is CCC(F)(CNC(=O)c1nn(C)c(=O)[nH]1)Cc1ccc(F)cc1F. The van der Waals surface area contributed by atoms with Crippen LogP contribution < -0.4 is 11.0 Å². The number of carbonyl (C=O) groups is 1. The highest BCUT2D eigenvalue weighted by Gasteiger charge is 2.30. The third-order valence-corrected chi connectivity index (χ3v) is 3.71. The minimum atomic E-state index is -1.93. The molecule has 0 bridgehead atoms. The predicted octanol–water partition coefficient (Wildman–Crippen LogP) is 1.48. The monoisotopic (exact) mass is 342 g/mol. The van der Waals surface area contributed by atoms with Crippen LogP contribution in [0.1, 0.15) is 29.5 Å². The first-order valence-corrected chi connectivity index (χ1v) is 7.28. The van der Waals surface area contributed by atoms with E-state index in [4.69, 9.17) is 0 Å². The number of alkyl halides is 1. The first-order chi connectivity index (χ1) is 11.2. The third kappa shape index (κ3) is 4.03. The molecule has 2 rings (SSSR count). The van der Waals surface area contributed by atoms with Crippen LogP contribution in [-0.4, -0.2) is 32.9 Å². The van der Waals surface area contributed by atoms with Gasteiger partial charge in [-0.2, -0.15) is 0 Å². The number of aryl methyl sites for hydroxylation is 1. The number of amides is 1. The largest absolute Gasteiger partial charge is 0.346 e. The summed E-state index contributed by atoms with van der Waals surface area (Å²) in [4.78, 5) is 25.3. The molecule has 1 aromatic heterocycles. The van der Waals surface area contributed by atoms with Crippen LogP contribution in [0.5, 0.6) is 0 Å². The Morgan fingerprint density at radius 3 is 2.67 bits per heavy atom. The molecule has 0 saturated carbocycles. The van der Waals surface area contributed by atoms with Crippen LogP contribution in [-0.2, 0) is 13.5 Å². The molecule has 0 aliphatic heterocycles. The van der Waals surface area contributed by atoms with Crippen molar-refractivity contribution in [1.29, 1.82) is 0 Å². The Labute approximate surface area is 135 Å². The topological polar surface area (TPSA) is 79.8 Å². The number of nitrogens with one attached hydrogen (secondary N) is 2. The molecule has 9 heteroatoms. The summed E-state index contributed by atoms with van der Waals surface area (Å²) in [5, 5.41) is 5.98. The smallest absolute Gasteiger partial charge is 0.343 e. The van der Waals surface area contributed by atoms with Crippen LogP contribution in [0.25, 0.3) is 0 Å². The molecule has 2 N–H and O–H groups in total. The Kier molecular flexibility index (Phi) is 5.10. The van der Waals surface area contributed by atoms with E-state index in [0.717, 1.165) is 10.7 Å². The van der Waals surface area contributed by atoms with Crippen LogP contribution in [0.2, 0.25) is 0 Å². The summed E-state index contributed by atoms with van der Waals surface area (Å²) in [5.41, 5.74) is -2.49. The van der Waals surface area contributed by atoms with E-state index in [1.165, 1.54) is 13.1 Å². The number of aromatic amines is 1. The molecular weight excluding hydrogens is 325 g/mol. The van der Waals surface area contributed by atoms with Crippen molar-refractivity contribution in [2.24, 2.45) is 7.05 Å². The highest BCUT2D eigenvalue weighted by Crippen LogP contribution is 2.23. The molecule has 6 nitrogen and oxygen atoms in total. The predicted molar refractivity (Wildman–Crippen MR) is 80.4 cm³/mol.